The second-order valence-corrected chi connectivity index (χ2v) is 9.19. The Hall–Kier alpha value is -3.28. The number of hydrazine groups is 1. The molecule has 1 aromatic heterocycles. The minimum absolute atomic E-state index is 0.548. The van der Waals surface area contributed by atoms with E-state index >= 15 is 0 Å². The molecule has 1 N–H and O–H groups in total. The Labute approximate surface area is 197 Å². The highest BCUT2D eigenvalue weighted by molar-refractivity contribution is 6.06. The summed E-state index contributed by atoms with van der Waals surface area (Å²) in [6.07, 6.45) is 7.62. The molecule has 2 aromatic carbocycles. The highest BCUT2D eigenvalue weighted by Gasteiger charge is 2.23. The van der Waals surface area contributed by atoms with Crippen molar-refractivity contribution in [2.75, 3.05) is 54.5 Å². The van der Waals surface area contributed by atoms with Crippen molar-refractivity contribution in [3.8, 4) is 0 Å². The van der Waals surface area contributed by atoms with Crippen LogP contribution < -0.4 is 20.2 Å². The number of anilines is 4. The smallest absolute Gasteiger partial charge is 0.153 e. The van der Waals surface area contributed by atoms with Gasteiger partial charge >= 0.3 is 0 Å². The first-order chi connectivity index (χ1) is 16.0. The molecule has 0 bridgehead atoms. The first-order valence-electron chi connectivity index (χ1n) is 11.9. The van der Waals surface area contributed by atoms with E-state index in [0.29, 0.717) is 5.56 Å². The fraction of sp³-hybridized carbons (Fsp3) is 0.407. The van der Waals surface area contributed by atoms with E-state index in [1.165, 1.54) is 24.9 Å². The van der Waals surface area contributed by atoms with E-state index in [1.807, 2.05) is 56.5 Å². The molecule has 1 fully saturated rings. The van der Waals surface area contributed by atoms with Gasteiger partial charge in [-0.05, 0) is 43.0 Å². The van der Waals surface area contributed by atoms with E-state index in [4.69, 9.17) is 4.98 Å². The van der Waals surface area contributed by atoms with Crippen molar-refractivity contribution in [1.29, 1.82) is 0 Å². The van der Waals surface area contributed by atoms with Gasteiger partial charge in [0, 0.05) is 51.5 Å². The van der Waals surface area contributed by atoms with Crippen molar-refractivity contribution in [3.63, 3.8) is 0 Å². The number of nitrogens with one attached hydrogen (secondary N) is 1. The summed E-state index contributed by atoms with van der Waals surface area (Å²) < 4.78 is 0. The number of carbonyl (C=O) groups is 1. The molecule has 0 unspecified atom stereocenters. The van der Waals surface area contributed by atoms with Crippen molar-refractivity contribution in [2.45, 2.75) is 32.6 Å². The number of pyridine rings is 1. The lowest BCUT2D eigenvalue weighted by Gasteiger charge is -2.28. The van der Waals surface area contributed by atoms with E-state index in [2.05, 4.69) is 34.3 Å². The Morgan fingerprint density at radius 2 is 1.82 bits per heavy atom. The molecule has 6 nitrogen and oxygen atoms in total. The molecule has 0 spiro atoms. The molecule has 1 aliphatic carbocycles. The fourth-order valence-corrected chi connectivity index (χ4v) is 4.29. The van der Waals surface area contributed by atoms with Crippen LogP contribution in [0.4, 0.5) is 22.7 Å². The molecule has 4 rings (SSSR count). The van der Waals surface area contributed by atoms with Gasteiger partial charge < -0.3 is 9.80 Å². The molecule has 6 heteroatoms. The van der Waals surface area contributed by atoms with Crippen LogP contribution in [0.3, 0.4) is 0 Å². The number of carbonyl (C=O) groups excluding carboxylic acids is 1. The van der Waals surface area contributed by atoms with Crippen LogP contribution in [0, 0.1) is 5.92 Å². The summed E-state index contributed by atoms with van der Waals surface area (Å²) >= 11 is 0. The van der Waals surface area contributed by atoms with Crippen LogP contribution >= 0.6 is 0 Å². The topological polar surface area (TPSA) is 51.7 Å². The zero-order chi connectivity index (χ0) is 23.4. The van der Waals surface area contributed by atoms with Crippen LogP contribution in [0.1, 0.15) is 43.0 Å². The van der Waals surface area contributed by atoms with Gasteiger partial charge in [0.2, 0.25) is 0 Å². The summed E-state index contributed by atoms with van der Waals surface area (Å²) in [4.78, 5) is 21.3. The third-order valence-corrected chi connectivity index (χ3v) is 6.36. The van der Waals surface area contributed by atoms with E-state index in [1.54, 1.807) is 6.20 Å². The van der Waals surface area contributed by atoms with Gasteiger partial charge in [0.05, 0.1) is 28.1 Å². The van der Waals surface area contributed by atoms with Crippen molar-refractivity contribution >= 4 is 39.9 Å². The van der Waals surface area contributed by atoms with Gasteiger partial charge in [-0.1, -0.05) is 38.0 Å². The summed E-state index contributed by atoms with van der Waals surface area (Å²) in [6.45, 7) is 4.30. The standard InChI is InChI=1S/C27H35N5O/c1-5-14-32(15-13-20-11-12-20)23-16-24-26(29-31(4)22-9-7-6-8-10-22)21(19-33)18-28-27(24)25(17-23)30(2)3/h6-10,16-20H,5,11-15H2,1-4H3,(H,28,29). The molecule has 0 saturated heterocycles. The third kappa shape index (κ3) is 5.21. The van der Waals surface area contributed by atoms with Gasteiger partial charge in [-0.2, -0.15) is 0 Å². The monoisotopic (exact) mass is 445 g/mol. The number of hydrogen-bond donors (Lipinski definition) is 1. The van der Waals surface area contributed by atoms with Crippen molar-refractivity contribution < 1.29 is 4.79 Å². The minimum Gasteiger partial charge on any atom is -0.376 e. The average Bonchev–Trinajstić information content (AvgIpc) is 3.66. The van der Waals surface area contributed by atoms with Crippen molar-refractivity contribution in [1.82, 2.24) is 4.98 Å². The van der Waals surface area contributed by atoms with E-state index in [0.717, 1.165) is 59.7 Å². The van der Waals surface area contributed by atoms with Crippen LogP contribution in [-0.2, 0) is 0 Å². The molecule has 1 aliphatic rings. The number of hydrogen-bond acceptors (Lipinski definition) is 6. The zero-order valence-electron chi connectivity index (χ0n) is 20.2. The van der Waals surface area contributed by atoms with Crippen molar-refractivity contribution in [3.05, 3.63) is 54.2 Å². The molecular formula is C27H35N5O. The van der Waals surface area contributed by atoms with Gasteiger partial charge in [-0.15, -0.1) is 0 Å². The summed E-state index contributed by atoms with van der Waals surface area (Å²) in [7, 11) is 6.06. The van der Waals surface area contributed by atoms with Crippen LogP contribution in [0.2, 0.25) is 0 Å². The highest BCUT2D eigenvalue weighted by atomic mass is 16.1. The lowest BCUT2D eigenvalue weighted by atomic mass is 10.1. The van der Waals surface area contributed by atoms with Gasteiger partial charge in [0.15, 0.2) is 6.29 Å². The fourth-order valence-electron chi connectivity index (χ4n) is 4.29. The van der Waals surface area contributed by atoms with Crippen molar-refractivity contribution in [2.24, 2.45) is 5.92 Å². The number of nitrogens with zero attached hydrogens (tertiary/aromatic N) is 4. The lowest BCUT2D eigenvalue weighted by Crippen LogP contribution is -2.27. The second-order valence-electron chi connectivity index (χ2n) is 9.19. The lowest BCUT2D eigenvalue weighted by molar-refractivity contribution is 0.112. The Morgan fingerprint density at radius 1 is 1.06 bits per heavy atom. The third-order valence-electron chi connectivity index (χ3n) is 6.36. The van der Waals surface area contributed by atoms with Crippen LogP contribution in [0.15, 0.2) is 48.7 Å². The van der Waals surface area contributed by atoms with Crippen LogP contribution in [0.5, 0.6) is 0 Å². The maximum absolute atomic E-state index is 12.0. The Morgan fingerprint density at radius 3 is 2.45 bits per heavy atom. The number of aromatic nitrogens is 1. The first kappa shape index (κ1) is 22.9. The predicted molar refractivity (Wildman–Crippen MR) is 140 cm³/mol. The summed E-state index contributed by atoms with van der Waals surface area (Å²) in [5, 5.41) is 2.90. The Kier molecular flexibility index (Phi) is 7.02. The first-order valence-corrected chi connectivity index (χ1v) is 11.9. The zero-order valence-corrected chi connectivity index (χ0v) is 20.2. The quantitative estimate of drug-likeness (QED) is 0.307. The number of benzene rings is 2. The molecular weight excluding hydrogens is 410 g/mol. The molecule has 0 radical (unpaired) electrons. The van der Waals surface area contributed by atoms with Crippen LogP contribution in [-0.4, -0.2) is 45.5 Å². The molecule has 0 atom stereocenters. The predicted octanol–water partition coefficient (Wildman–Crippen LogP) is 5.59. The number of fused-ring (bicyclic) bond motifs is 1. The van der Waals surface area contributed by atoms with E-state index < -0.39 is 0 Å². The number of para-hydroxylation sites is 1. The normalized spacial score (nSPS) is 13.1. The van der Waals surface area contributed by atoms with E-state index in [9.17, 15) is 4.79 Å². The number of rotatable bonds is 11. The molecule has 0 amide bonds. The van der Waals surface area contributed by atoms with E-state index in [-0.39, 0.29) is 0 Å². The largest absolute Gasteiger partial charge is 0.376 e. The summed E-state index contributed by atoms with van der Waals surface area (Å²) in [5.74, 6) is 0.887. The molecule has 174 valence electrons. The molecule has 33 heavy (non-hydrogen) atoms. The average molecular weight is 446 g/mol. The minimum atomic E-state index is 0.548. The van der Waals surface area contributed by atoms with Gasteiger partial charge in [-0.3, -0.25) is 20.2 Å². The second kappa shape index (κ2) is 10.1. The van der Waals surface area contributed by atoms with Gasteiger partial charge in [0.1, 0.15) is 0 Å². The molecule has 1 heterocycles. The van der Waals surface area contributed by atoms with Crippen LogP contribution in [0.25, 0.3) is 10.9 Å². The summed E-state index contributed by atoms with van der Waals surface area (Å²) in [5.41, 5.74) is 8.94. The molecule has 0 aliphatic heterocycles. The van der Waals surface area contributed by atoms with Gasteiger partial charge in [-0.25, -0.2) is 0 Å². The Bertz CT molecular complexity index is 1090. The number of aldehydes is 1. The maximum atomic E-state index is 12.0. The molecule has 1 saturated carbocycles. The summed E-state index contributed by atoms with van der Waals surface area (Å²) in [6, 6.07) is 14.5. The van der Waals surface area contributed by atoms with Gasteiger partial charge in [0.25, 0.3) is 0 Å². The molecule has 3 aromatic rings. The highest BCUT2D eigenvalue weighted by Crippen LogP contribution is 2.37. The maximum Gasteiger partial charge on any atom is 0.153 e. The Balaban J connectivity index is 1.81. The SMILES string of the molecule is CCCN(CCC1CC1)c1cc(N(C)C)c2ncc(C=O)c(NN(C)c3ccccc3)c2c1.